The van der Waals surface area contributed by atoms with E-state index in [9.17, 15) is 33.9 Å². The molecule has 0 aromatic heterocycles. The molecule has 0 saturated carbocycles. The molecule has 198 valence electrons. The fraction of sp³-hybridized carbons (Fsp3) is 0.632. The molecule has 0 spiro atoms. The smallest absolute Gasteiger partial charge is 0.326 e. The van der Waals surface area contributed by atoms with Gasteiger partial charge in [-0.25, -0.2) is 4.79 Å². The van der Waals surface area contributed by atoms with Gasteiger partial charge < -0.3 is 49.1 Å². The molecule has 0 aromatic rings. The zero-order valence-electron chi connectivity index (χ0n) is 19.5. The summed E-state index contributed by atoms with van der Waals surface area (Å²) < 4.78 is 0. The largest absolute Gasteiger partial charge is 0.481 e. The minimum atomic E-state index is -1.55. The van der Waals surface area contributed by atoms with Gasteiger partial charge in [0.15, 0.2) is 5.96 Å². The van der Waals surface area contributed by atoms with Gasteiger partial charge in [-0.15, -0.1) is 0 Å². The number of aliphatic imine (C=N–C) groups is 1. The summed E-state index contributed by atoms with van der Waals surface area (Å²) in [4.78, 5) is 75.2. The Labute approximate surface area is 201 Å². The quantitative estimate of drug-likeness (QED) is 0.0555. The normalized spacial score (nSPS) is 14.1. The van der Waals surface area contributed by atoms with E-state index in [1.165, 1.54) is 0 Å². The minimum Gasteiger partial charge on any atom is -0.481 e. The van der Waals surface area contributed by atoms with Gasteiger partial charge in [-0.1, -0.05) is 13.8 Å². The predicted octanol–water partition coefficient (Wildman–Crippen LogP) is -4.09. The Morgan fingerprint density at radius 2 is 1.37 bits per heavy atom. The van der Waals surface area contributed by atoms with E-state index >= 15 is 0 Å². The van der Waals surface area contributed by atoms with Crippen LogP contribution in [0.4, 0.5) is 0 Å². The number of hydrogen-bond acceptors (Lipinski definition) is 8. The second kappa shape index (κ2) is 15.0. The second-order valence-electron chi connectivity index (χ2n) is 8.01. The van der Waals surface area contributed by atoms with Crippen LogP contribution in [0.25, 0.3) is 0 Å². The van der Waals surface area contributed by atoms with Crippen LogP contribution in [-0.4, -0.2) is 82.5 Å². The van der Waals surface area contributed by atoms with Crippen LogP contribution in [-0.2, 0) is 28.8 Å². The molecule has 0 aromatic carbocycles. The zero-order chi connectivity index (χ0) is 27.3. The number of nitrogens with two attached hydrogens (primary N) is 4. The summed E-state index contributed by atoms with van der Waals surface area (Å²) >= 11 is 0. The Balaban J connectivity index is 5.64. The molecule has 0 heterocycles. The van der Waals surface area contributed by atoms with Gasteiger partial charge in [-0.05, 0) is 18.8 Å². The summed E-state index contributed by atoms with van der Waals surface area (Å²) in [5, 5.41) is 24.9. The van der Waals surface area contributed by atoms with Gasteiger partial charge in [0.1, 0.15) is 18.1 Å². The lowest BCUT2D eigenvalue weighted by atomic mass is 10.0. The van der Waals surface area contributed by atoms with Gasteiger partial charge in [0.05, 0.1) is 18.9 Å². The van der Waals surface area contributed by atoms with Crippen molar-refractivity contribution in [2.24, 2.45) is 33.8 Å². The number of aliphatic carboxylic acids is 2. The van der Waals surface area contributed by atoms with Gasteiger partial charge in [-0.2, -0.15) is 0 Å². The fourth-order valence-electron chi connectivity index (χ4n) is 2.78. The number of amides is 4. The number of nitrogens with one attached hydrogen (secondary N) is 3. The van der Waals surface area contributed by atoms with Crippen molar-refractivity contribution in [1.29, 1.82) is 0 Å². The number of carbonyl (C=O) groups is 6. The molecule has 4 atom stereocenters. The Morgan fingerprint density at radius 1 is 0.829 bits per heavy atom. The molecular weight excluding hydrogens is 468 g/mol. The van der Waals surface area contributed by atoms with Crippen molar-refractivity contribution in [1.82, 2.24) is 16.0 Å². The van der Waals surface area contributed by atoms with Crippen LogP contribution in [0.2, 0.25) is 0 Å². The van der Waals surface area contributed by atoms with Crippen LogP contribution in [0.3, 0.4) is 0 Å². The topological polar surface area (TPSA) is 295 Å². The van der Waals surface area contributed by atoms with Crippen molar-refractivity contribution in [3.8, 4) is 0 Å². The molecule has 16 nitrogen and oxygen atoms in total. The lowest BCUT2D eigenvalue weighted by Gasteiger charge is -2.25. The zero-order valence-corrected chi connectivity index (χ0v) is 19.5. The Hall–Kier alpha value is -3.95. The van der Waals surface area contributed by atoms with Crippen LogP contribution >= 0.6 is 0 Å². The Morgan fingerprint density at radius 3 is 1.83 bits per heavy atom. The SMILES string of the molecule is CC(C)C(NC(=O)C(CC(N)=O)NC(=O)C(CCCN=C(N)N)NC(=O)C(N)CC(=O)O)C(=O)O. The third kappa shape index (κ3) is 12.8. The first kappa shape index (κ1) is 31.0. The third-order valence-electron chi connectivity index (χ3n) is 4.58. The Kier molecular flexibility index (Phi) is 13.4. The lowest BCUT2D eigenvalue weighted by molar-refractivity contribution is -0.143. The van der Waals surface area contributed by atoms with E-state index in [0.29, 0.717) is 0 Å². The summed E-state index contributed by atoms with van der Waals surface area (Å²) in [5.41, 5.74) is 21.2. The molecule has 0 rings (SSSR count). The maximum atomic E-state index is 12.9. The molecule has 0 aliphatic heterocycles. The highest BCUT2D eigenvalue weighted by Crippen LogP contribution is 2.06. The van der Waals surface area contributed by atoms with Crippen LogP contribution in [0.1, 0.15) is 39.5 Å². The number of guanidine groups is 1. The number of rotatable bonds is 16. The van der Waals surface area contributed by atoms with Gasteiger partial charge >= 0.3 is 11.9 Å². The molecule has 0 bridgehead atoms. The number of nitrogens with zero attached hydrogens (tertiary/aromatic N) is 1. The first-order chi connectivity index (χ1) is 16.1. The third-order valence-corrected chi connectivity index (χ3v) is 4.58. The predicted molar refractivity (Wildman–Crippen MR) is 122 cm³/mol. The number of carboxylic acid groups (broad SMARTS) is 2. The summed E-state index contributed by atoms with van der Waals surface area (Å²) in [6, 6.07) is -5.64. The number of carboxylic acids is 2. The molecule has 0 saturated heterocycles. The van der Waals surface area contributed by atoms with Crippen molar-refractivity contribution >= 4 is 41.5 Å². The van der Waals surface area contributed by atoms with Gasteiger partial charge in [0.25, 0.3) is 0 Å². The number of carbonyl (C=O) groups excluding carboxylic acids is 4. The van der Waals surface area contributed by atoms with Crippen molar-refractivity contribution in [3.63, 3.8) is 0 Å². The number of hydrogen-bond donors (Lipinski definition) is 9. The van der Waals surface area contributed by atoms with Crippen LogP contribution in [0.5, 0.6) is 0 Å². The highest BCUT2D eigenvalue weighted by molar-refractivity contribution is 5.96. The van der Waals surface area contributed by atoms with E-state index in [-0.39, 0.29) is 25.3 Å². The molecule has 35 heavy (non-hydrogen) atoms. The van der Waals surface area contributed by atoms with Crippen molar-refractivity contribution < 1.29 is 39.0 Å². The molecule has 16 heteroatoms. The molecular formula is C19H34N8O8. The van der Waals surface area contributed by atoms with Gasteiger partial charge in [-0.3, -0.25) is 29.0 Å². The summed E-state index contributed by atoms with van der Waals surface area (Å²) in [5.74, 6) is -7.19. The minimum absolute atomic E-state index is 0.0528. The first-order valence-corrected chi connectivity index (χ1v) is 10.6. The van der Waals surface area contributed by atoms with Crippen molar-refractivity contribution in [2.45, 2.75) is 63.7 Å². The monoisotopic (exact) mass is 502 g/mol. The molecule has 4 amide bonds. The second-order valence-corrected chi connectivity index (χ2v) is 8.01. The van der Waals surface area contributed by atoms with Gasteiger partial charge in [0.2, 0.25) is 23.6 Å². The van der Waals surface area contributed by atoms with Crippen molar-refractivity contribution in [2.75, 3.05) is 6.54 Å². The number of primary amides is 1. The van der Waals surface area contributed by atoms with E-state index in [2.05, 4.69) is 20.9 Å². The van der Waals surface area contributed by atoms with E-state index in [1.807, 2.05) is 0 Å². The van der Waals surface area contributed by atoms with Gasteiger partial charge in [0, 0.05) is 6.54 Å². The highest BCUT2D eigenvalue weighted by atomic mass is 16.4. The average Bonchev–Trinajstić information content (AvgIpc) is 2.71. The molecule has 4 unspecified atom stereocenters. The standard InChI is InChI=1S/C19H34N8O8/c1-8(2)14(18(34)35)27-17(33)11(7-12(21)28)26-16(32)10(4-3-5-24-19(22)23)25-15(31)9(20)6-13(29)30/h8-11,14H,3-7,20H2,1-2H3,(H2,21,28)(H,25,31)(H,26,32)(H,27,33)(H,29,30)(H,34,35)(H4,22,23,24). The molecule has 13 N–H and O–H groups in total. The van der Waals surface area contributed by atoms with Crippen LogP contribution in [0, 0.1) is 5.92 Å². The maximum absolute atomic E-state index is 12.9. The summed E-state index contributed by atoms with van der Waals surface area (Å²) in [6.07, 6.45) is -1.23. The van der Waals surface area contributed by atoms with Crippen molar-refractivity contribution in [3.05, 3.63) is 0 Å². The Bertz CT molecular complexity index is 828. The van der Waals surface area contributed by atoms with E-state index < -0.39 is 78.5 Å². The van der Waals surface area contributed by atoms with E-state index in [1.54, 1.807) is 13.8 Å². The average molecular weight is 503 g/mol. The summed E-state index contributed by atoms with van der Waals surface area (Å²) in [7, 11) is 0. The van der Waals surface area contributed by atoms with Crippen LogP contribution in [0.15, 0.2) is 4.99 Å². The molecule has 0 radical (unpaired) electrons. The molecule has 0 fully saturated rings. The lowest BCUT2D eigenvalue weighted by Crippen LogP contribution is -2.58. The van der Waals surface area contributed by atoms with E-state index in [4.69, 9.17) is 28.0 Å². The first-order valence-electron chi connectivity index (χ1n) is 10.6. The highest BCUT2D eigenvalue weighted by Gasteiger charge is 2.32. The maximum Gasteiger partial charge on any atom is 0.326 e. The van der Waals surface area contributed by atoms with E-state index in [0.717, 1.165) is 0 Å². The molecule has 0 aliphatic rings. The van der Waals surface area contributed by atoms with Crippen LogP contribution < -0.4 is 38.9 Å². The fourth-order valence-corrected chi connectivity index (χ4v) is 2.78. The molecule has 0 aliphatic carbocycles. The summed E-state index contributed by atoms with van der Waals surface area (Å²) in [6.45, 7) is 3.18.